The van der Waals surface area contributed by atoms with E-state index in [1.54, 1.807) is 13.2 Å². The Kier molecular flexibility index (Phi) is 7.99. The van der Waals surface area contributed by atoms with Crippen molar-refractivity contribution in [1.29, 1.82) is 0 Å². The molecule has 0 aliphatic heterocycles. The molecule has 3 rings (SSSR count). The number of aromatic nitrogens is 2. The van der Waals surface area contributed by atoms with E-state index in [2.05, 4.69) is 15.5 Å². The molecule has 0 saturated carbocycles. The molecule has 0 bridgehead atoms. The van der Waals surface area contributed by atoms with Crippen molar-refractivity contribution in [3.05, 3.63) is 77.4 Å². The lowest BCUT2D eigenvalue weighted by Gasteiger charge is -2.25. The minimum absolute atomic E-state index is 0.0847. The first-order valence-corrected chi connectivity index (χ1v) is 10.3. The number of benzene rings is 2. The molecule has 32 heavy (non-hydrogen) atoms. The van der Waals surface area contributed by atoms with Crippen LogP contribution in [0, 0.1) is 5.92 Å². The maximum absolute atomic E-state index is 12.2. The monoisotopic (exact) mass is 437 g/mol. The number of aliphatic hydroxyl groups is 1. The molecule has 168 valence electrons. The Morgan fingerprint density at radius 1 is 1.12 bits per heavy atom. The third kappa shape index (κ3) is 6.42. The van der Waals surface area contributed by atoms with Gasteiger partial charge in [-0.25, -0.2) is 4.79 Å². The summed E-state index contributed by atoms with van der Waals surface area (Å²) in [6, 6.07) is 16.2. The van der Waals surface area contributed by atoms with Gasteiger partial charge in [0.25, 0.3) is 5.89 Å². The molecule has 2 N–H and O–H groups in total. The predicted molar refractivity (Wildman–Crippen MR) is 120 cm³/mol. The first-order valence-electron chi connectivity index (χ1n) is 10.3. The van der Waals surface area contributed by atoms with E-state index in [1.165, 1.54) is 0 Å². The van der Waals surface area contributed by atoms with Crippen LogP contribution in [0.2, 0.25) is 0 Å². The number of hydrogen-bond acceptors (Lipinski definition) is 7. The van der Waals surface area contributed by atoms with Gasteiger partial charge in [0, 0.05) is 6.08 Å². The highest BCUT2D eigenvalue weighted by Gasteiger charge is 2.30. The standard InChI is InChI=1S/C24H27N3O5/c1-16(2)21(26-24(29)31-15-18-7-5-4-6-8-18)22(28)23-25-20(32-27-23)14-11-17-9-12-19(30-3)13-10-17/h4-14,16,21-22,28H,15H2,1-3H3,(H,26,29)/b14-11+/t21-,22?/m0/s1. The molecule has 1 amide bonds. The van der Waals surface area contributed by atoms with Gasteiger partial charge in [0.2, 0.25) is 5.82 Å². The molecule has 0 spiro atoms. The van der Waals surface area contributed by atoms with Crippen molar-refractivity contribution in [3.8, 4) is 5.75 Å². The van der Waals surface area contributed by atoms with Gasteiger partial charge < -0.3 is 24.4 Å². The van der Waals surface area contributed by atoms with E-state index in [0.29, 0.717) is 0 Å². The van der Waals surface area contributed by atoms with Crippen molar-refractivity contribution in [1.82, 2.24) is 15.5 Å². The summed E-state index contributed by atoms with van der Waals surface area (Å²) >= 11 is 0. The highest BCUT2D eigenvalue weighted by atomic mass is 16.5. The third-order valence-electron chi connectivity index (χ3n) is 4.81. The van der Waals surface area contributed by atoms with Crippen LogP contribution < -0.4 is 10.1 Å². The Morgan fingerprint density at radius 3 is 2.50 bits per heavy atom. The number of carbonyl (C=O) groups is 1. The number of rotatable bonds is 9. The Morgan fingerprint density at radius 2 is 1.84 bits per heavy atom. The van der Waals surface area contributed by atoms with Crippen LogP contribution in [0.5, 0.6) is 5.75 Å². The Bertz CT molecular complexity index is 1020. The summed E-state index contributed by atoms with van der Waals surface area (Å²) in [7, 11) is 1.61. The zero-order chi connectivity index (χ0) is 22.9. The number of nitrogens with zero attached hydrogens (tertiary/aromatic N) is 2. The molecule has 8 nitrogen and oxygen atoms in total. The second-order valence-electron chi connectivity index (χ2n) is 7.52. The third-order valence-corrected chi connectivity index (χ3v) is 4.81. The van der Waals surface area contributed by atoms with Crippen molar-refractivity contribution < 1.29 is 23.9 Å². The molecular weight excluding hydrogens is 410 g/mol. The Balaban J connectivity index is 1.60. The second kappa shape index (κ2) is 11.1. The maximum atomic E-state index is 12.2. The van der Waals surface area contributed by atoms with Crippen LogP contribution in [0.15, 0.2) is 59.1 Å². The summed E-state index contributed by atoms with van der Waals surface area (Å²) in [5.41, 5.74) is 1.80. The van der Waals surface area contributed by atoms with E-state index in [4.69, 9.17) is 14.0 Å². The molecule has 2 aromatic carbocycles. The van der Waals surface area contributed by atoms with E-state index in [0.717, 1.165) is 16.9 Å². The van der Waals surface area contributed by atoms with E-state index >= 15 is 0 Å². The minimum Gasteiger partial charge on any atom is -0.497 e. The van der Waals surface area contributed by atoms with Gasteiger partial charge in [0.05, 0.1) is 13.2 Å². The summed E-state index contributed by atoms with van der Waals surface area (Å²) < 4.78 is 15.6. The predicted octanol–water partition coefficient (Wildman–Crippen LogP) is 4.23. The van der Waals surface area contributed by atoms with E-state index < -0.39 is 18.2 Å². The summed E-state index contributed by atoms with van der Waals surface area (Å²) in [6.07, 6.45) is 1.67. The molecule has 1 heterocycles. The van der Waals surface area contributed by atoms with E-state index in [1.807, 2.05) is 74.5 Å². The SMILES string of the molecule is COc1ccc(/C=C/c2nc(C(O)[C@@H](NC(=O)OCc3ccccc3)C(C)C)no2)cc1. The number of nitrogens with one attached hydrogen (secondary N) is 1. The normalized spacial score (nSPS) is 13.2. The van der Waals surface area contributed by atoms with Crippen LogP contribution in [0.25, 0.3) is 12.2 Å². The maximum Gasteiger partial charge on any atom is 0.407 e. The first kappa shape index (κ1) is 23.0. The minimum atomic E-state index is -1.16. The quantitative estimate of drug-likeness (QED) is 0.516. The van der Waals surface area contributed by atoms with Gasteiger partial charge in [-0.3, -0.25) is 0 Å². The zero-order valence-corrected chi connectivity index (χ0v) is 18.3. The topological polar surface area (TPSA) is 107 Å². The van der Waals surface area contributed by atoms with Crippen molar-refractivity contribution >= 4 is 18.2 Å². The van der Waals surface area contributed by atoms with Crippen LogP contribution in [0.4, 0.5) is 4.79 Å². The van der Waals surface area contributed by atoms with Crippen molar-refractivity contribution in [2.75, 3.05) is 7.11 Å². The van der Waals surface area contributed by atoms with Crippen molar-refractivity contribution in [2.45, 2.75) is 32.6 Å². The van der Waals surface area contributed by atoms with Crippen LogP contribution >= 0.6 is 0 Å². The lowest BCUT2D eigenvalue weighted by molar-refractivity contribution is 0.0796. The van der Waals surface area contributed by atoms with E-state index in [-0.39, 0.29) is 24.2 Å². The number of aliphatic hydroxyl groups excluding tert-OH is 1. The fourth-order valence-electron chi connectivity index (χ4n) is 2.99. The number of alkyl carbamates (subject to hydrolysis) is 1. The van der Waals surface area contributed by atoms with Gasteiger partial charge in [-0.15, -0.1) is 0 Å². The van der Waals surface area contributed by atoms with Gasteiger partial charge in [0.1, 0.15) is 18.5 Å². The summed E-state index contributed by atoms with van der Waals surface area (Å²) in [5, 5.41) is 17.3. The van der Waals surface area contributed by atoms with Crippen LogP contribution in [0.3, 0.4) is 0 Å². The first-order chi connectivity index (χ1) is 15.5. The van der Waals surface area contributed by atoms with Gasteiger partial charge in [-0.1, -0.05) is 61.5 Å². The number of carbonyl (C=O) groups excluding carboxylic acids is 1. The molecular formula is C24H27N3O5. The highest BCUT2D eigenvalue weighted by Crippen LogP contribution is 2.21. The van der Waals surface area contributed by atoms with Gasteiger partial charge in [-0.2, -0.15) is 4.98 Å². The lowest BCUT2D eigenvalue weighted by atomic mass is 9.98. The van der Waals surface area contributed by atoms with Crippen molar-refractivity contribution in [3.63, 3.8) is 0 Å². The van der Waals surface area contributed by atoms with E-state index in [9.17, 15) is 9.90 Å². The molecule has 0 saturated heterocycles. The zero-order valence-electron chi connectivity index (χ0n) is 18.3. The fourth-order valence-corrected chi connectivity index (χ4v) is 2.99. The number of ether oxygens (including phenoxy) is 2. The molecule has 0 fully saturated rings. The fraction of sp³-hybridized carbons (Fsp3) is 0.292. The summed E-state index contributed by atoms with van der Waals surface area (Å²) in [4.78, 5) is 16.5. The molecule has 0 aliphatic carbocycles. The molecule has 3 aromatic rings. The number of amides is 1. The van der Waals surface area contributed by atoms with Crippen LogP contribution in [-0.4, -0.2) is 34.5 Å². The molecule has 1 aromatic heterocycles. The molecule has 2 atom stereocenters. The summed E-state index contributed by atoms with van der Waals surface area (Å²) in [5.74, 6) is 0.983. The van der Waals surface area contributed by atoms with Gasteiger partial charge in [-0.05, 0) is 35.3 Å². The smallest absolute Gasteiger partial charge is 0.407 e. The lowest BCUT2D eigenvalue weighted by Crippen LogP contribution is -2.43. The second-order valence-corrected chi connectivity index (χ2v) is 7.52. The molecule has 8 heteroatoms. The summed E-state index contributed by atoms with van der Waals surface area (Å²) in [6.45, 7) is 3.88. The number of methoxy groups -OCH3 is 1. The van der Waals surface area contributed by atoms with Gasteiger partial charge in [0.15, 0.2) is 0 Å². The molecule has 1 unspecified atom stereocenters. The Labute approximate surface area is 186 Å². The number of hydrogen-bond donors (Lipinski definition) is 2. The largest absolute Gasteiger partial charge is 0.497 e. The highest BCUT2D eigenvalue weighted by molar-refractivity contribution is 5.68. The van der Waals surface area contributed by atoms with Crippen molar-refractivity contribution in [2.24, 2.45) is 5.92 Å². The van der Waals surface area contributed by atoms with Crippen LogP contribution in [0.1, 0.15) is 42.8 Å². The average Bonchev–Trinajstić information content (AvgIpc) is 3.29. The Hall–Kier alpha value is -3.65. The molecule has 0 radical (unpaired) electrons. The van der Waals surface area contributed by atoms with Gasteiger partial charge >= 0.3 is 6.09 Å². The van der Waals surface area contributed by atoms with Crippen LogP contribution in [-0.2, 0) is 11.3 Å². The average molecular weight is 437 g/mol. The molecule has 0 aliphatic rings.